The van der Waals surface area contributed by atoms with Crippen molar-refractivity contribution >= 4 is 6.08 Å². The Morgan fingerprint density at radius 1 is 1.33 bits per heavy atom. The number of hydrogen-bond acceptors (Lipinski definition) is 2. The van der Waals surface area contributed by atoms with Gasteiger partial charge in [-0.1, -0.05) is 0 Å². The van der Waals surface area contributed by atoms with E-state index in [2.05, 4.69) is 4.99 Å². The van der Waals surface area contributed by atoms with E-state index >= 15 is 0 Å². The maximum Gasteiger partial charge on any atom is 0.234 e. The molecule has 0 amide bonds. The summed E-state index contributed by atoms with van der Waals surface area (Å²) >= 11 is 0. The maximum atomic E-state index is 12.7. The first-order valence-corrected chi connectivity index (χ1v) is 4.50. The van der Waals surface area contributed by atoms with Crippen LogP contribution in [0.15, 0.2) is 4.99 Å². The molecule has 3 heteroatoms. The zero-order valence-corrected chi connectivity index (χ0v) is 7.13. The smallest absolute Gasteiger partial charge is 0.234 e. The molecule has 0 N–H and O–H groups in total. The number of halogens is 1. The quantitative estimate of drug-likeness (QED) is 0.473. The van der Waals surface area contributed by atoms with Crippen LogP contribution in [0, 0.1) is 5.92 Å². The maximum absolute atomic E-state index is 12.7. The molecule has 2 nitrogen and oxygen atoms in total. The van der Waals surface area contributed by atoms with E-state index in [-0.39, 0.29) is 0 Å². The molecular formula is C9H14FNO. The lowest BCUT2D eigenvalue weighted by Crippen LogP contribution is -2.15. The molecule has 12 heavy (non-hydrogen) atoms. The number of nitrogens with zero attached hydrogens (tertiary/aromatic N) is 1. The Morgan fingerprint density at radius 3 is 2.58 bits per heavy atom. The van der Waals surface area contributed by atoms with Gasteiger partial charge >= 0.3 is 0 Å². The number of hydrogen-bond donors (Lipinski definition) is 0. The first-order chi connectivity index (χ1) is 5.83. The van der Waals surface area contributed by atoms with Gasteiger partial charge in [-0.2, -0.15) is 0 Å². The van der Waals surface area contributed by atoms with E-state index in [0.29, 0.717) is 25.3 Å². The molecule has 1 aliphatic rings. The van der Waals surface area contributed by atoms with Crippen molar-refractivity contribution in [2.45, 2.75) is 38.3 Å². The number of isocyanates is 1. The third kappa shape index (κ3) is 3.14. The van der Waals surface area contributed by atoms with Gasteiger partial charge in [0.05, 0.1) is 6.54 Å². The number of alkyl halides is 1. The van der Waals surface area contributed by atoms with Gasteiger partial charge in [-0.25, -0.2) is 14.2 Å². The highest BCUT2D eigenvalue weighted by atomic mass is 19.1. The minimum absolute atomic E-state index is 0.561. The molecule has 0 heterocycles. The predicted molar refractivity (Wildman–Crippen MR) is 44.5 cm³/mol. The summed E-state index contributed by atoms with van der Waals surface area (Å²) in [6, 6.07) is 0. The number of aliphatic imine (C=N–C) groups is 1. The first kappa shape index (κ1) is 9.40. The number of rotatable bonds is 3. The summed E-state index contributed by atoms with van der Waals surface area (Å²) in [5.41, 5.74) is 0. The Morgan fingerprint density at radius 2 is 2.00 bits per heavy atom. The molecule has 1 saturated carbocycles. The van der Waals surface area contributed by atoms with E-state index in [1.165, 1.54) is 6.08 Å². The third-order valence-corrected chi connectivity index (χ3v) is 2.49. The molecule has 0 aromatic rings. The normalized spacial score (nSPS) is 29.4. The second-order valence-corrected chi connectivity index (χ2v) is 3.38. The molecule has 0 aliphatic heterocycles. The molecule has 1 aliphatic carbocycles. The molecule has 0 spiro atoms. The van der Waals surface area contributed by atoms with Gasteiger partial charge in [0.15, 0.2) is 0 Å². The van der Waals surface area contributed by atoms with Gasteiger partial charge in [0.1, 0.15) is 6.17 Å². The monoisotopic (exact) mass is 171 g/mol. The standard InChI is InChI=1S/C9H14FNO/c10-9-3-1-8(2-4-9)5-6-11-7-12/h8-9H,1-6H2. The average Bonchev–Trinajstić information content (AvgIpc) is 2.09. The molecule has 68 valence electrons. The first-order valence-electron chi connectivity index (χ1n) is 4.50. The van der Waals surface area contributed by atoms with Crippen molar-refractivity contribution in [3.63, 3.8) is 0 Å². The predicted octanol–water partition coefficient (Wildman–Crippen LogP) is 2.24. The van der Waals surface area contributed by atoms with Crippen molar-refractivity contribution in [1.82, 2.24) is 0 Å². The summed E-state index contributed by atoms with van der Waals surface area (Å²) in [7, 11) is 0. The highest BCUT2D eigenvalue weighted by Gasteiger charge is 2.19. The van der Waals surface area contributed by atoms with Crippen molar-refractivity contribution < 1.29 is 9.18 Å². The summed E-state index contributed by atoms with van der Waals surface area (Å²) in [5, 5.41) is 0. The summed E-state index contributed by atoms with van der Waals surface area (Å²) in [4.78, 5) is 13.2. The summed E-state index contributed by atoms with van der Waals surface area (Å²) < 4.78 is 12.7. The van der Waals surface area contributed by atoms with Crippen LogP contribution in [0.25, 0.3) is 0 Å². The second-order valence-electron chi connectivity index (χ2n) is 3.38. The van der Waals surface area contributed by atoms with E-state index in [1.807, 2.05) is 0 Å². The molecule has 0 radical (unpaired) electrons. The van der Waals surface area contributed by atoms with Crippen LogP contribution in [0.1, 0.15) is 32.1 Å². The lowest BCUT2D eigenvalue weighted by molar-refractivity contribution is 0.203. The van der Waals surface area contributed by atoms with Gasteiger partial charge in [0, 0.05) is 0 Å². The minimum Gasteiger partial charge on any atom is -0.247 e. The Labute approximate surface area is 71.9 Å². The van der Waals surface area contributed by atoms with Crippen molar-refractivity contribution in [2.75, 3.05) is 6.54 Å². The Bertz CT molecular complexity index is 169. The largest absolute Gasteiger partial charge is 0.247 e. The average molecular weight is 171 g/mol. The second kappa shape index (κ2) is 5.04. The van der Waals surface area contributed by atoms with Gasteiger partial charge < -0.3 is 0 Å². The topological polar surface area (TPSA) is 29.4 Å². The van der Waals surface area contributed by atoms with Gasteiger partial charge in [0.25, 0.3) is 0 Å². The van der Waals surface area contributed by atoms with Gasteiger partial charge in [-0.3, -0.25) is 0 Å². The molecule has 0 bridgehead atoms. The third-order valence-electron chi connectivity index (χ3n) is 2.49. The van der Waals surface area contributed by atoms with Gasteiger partial charge in [-0.05, 0) is 38.0 Å². The van der Waals surface area contributed by atoms with Crippen molar-refractivity contribution in [3.8, 4) is 0 Å². The van der Waals surface area contributed by atoms with Crippen LogP contribution in [-0.2, 0) is 4.79 Å². The fourth-order valence-electron chi connectivity index (χ4n) is 1.70. The fraction of sp³-hybridized carbons (Fsp3) is 0.889. The van der Waals surface area contributed by atoms with Crippen molar-refractivity contribution in [3.05, 3.63) is 0 Å². The van der Waals surface area contributed by atoms with E-state index < -0.39 is 6.17 Å². The molecule has 1 rings (SSSR count). The molecule has 1 fully saturated rings. The zero-order valence-electron chi connectivity index (χ0n) is 7.13. The fourth-order valence-corrected chi connectivity index (χ4v) is 1.70. The van der Waals surface area contributed by atoms with Crippen LogP contribution in [-0.4, -0.2) is 18.8 Å². The minimum atomic E-state index is -0.587. The lowest BCUT2D eigenvalue weighted by atomic mass is 9.86. The van der Waals surface area contributed by atoms with Crippen LogP contribution < -0.4 is 0 Å². The Hall–Kier alpha value is -0.690. The zero-order chi connectivity index (χ0) is 8.81. The van der Waals surface area contributed by atoms with E-state index in [4.69, 9.17) is 0 Å². The molecule has 0 atom stereocenters. The van der Waals surface area contributed by atoms with Crippen LogP contribution >= 0.6 is 0 Å². The van der Waals surface area contributed by atoms with Crippen molar-refractivity contribution in [1.29, 1.82) is 0 Å². The van der Waals surface area contributed by atoms with Crippen molar-refractivity contribution in [2.24, 2.45) is 10.9 Å². The number of carbonyl (C=O) groups excluding carboxylic acids is 1. The van der Waals surface area contributed by atoms with E-state index in [1.54, 1.807) is 0 Å². The van der Waals surface area contributed by atoms with Gasteiger partial charge in [0.2, 0.25) is 6.08 Å². The lowest BCUT2D eigenvalue weighted by Gasteiger charge is -2.23. The molecule has 0 saturated heterocycles. The molecule has 0 unspecified atom stereocenters. The Balaban J connectivity index is 2.13. The van der Waals surface area contributed by atoms with Gasteiger partial charge in [-0.15, -0.1) is 0 Å². The summed E-state index contributed by atoms with van der Waals surface area (Å²) in [5.74, 6) is 0.578. The van der Waals surface area contributed by atoms with Crippen LogP contribution in [0.4, 0.5) is 4.39 Å². The van der Waals surface area contributed by atoms with E-state index in [0.717, 1.165) is 19.3 Å². The van der Waals surface area contributed by atoms with E-state index in [9.17, 15) is 9.18 Å². The molecule has 0 aromatic heterocycles. The molecular weight excluding hydrogens is 157 g/mol. The summed E-state index contributed by atoms with van der Waals surface area (Å²) in [6.45, 7) is 0.561. The highest BCUT2D eigenvalue weighted by molar-refractivity contribution is 5.32. The SMILES string of the molecule is O=C=NCCC1CCC(F)CC1. The van der Waals surface area contributed by atoms with Crippen LogP contribution in [0.5, 0.6) is 0 Å². The molecule has 0 aromatic carbocycles. The van der Waals surface area contributed by atoms with Crippen LogP contribution in [0.2, 0.25) is 0 Å². The summed E-state index contributed by atoms with van der Waals surface area (Å²) in [6.07, 6.45) is 5.14. The Kier molecular flexibility index (Phi) is 3.95. The highest BCUT2D eigenvalue weighted by Crippen LogP contribution is 2.28. The van der Waals surface area contributed by atoms with Crippen LogP contribution in [0.3, 0.4) is 0 Å².